The first-order chi connectivity index (χ1) is 12.8. The number of aryl methyl sites for hydroxylation is 4. The van der Waals surface area contributed by atoms with Crippen molar-refractivity contribution in [2.24, 2.45) is 0 Å². The summed E-state index contributed by atoms with van der Waals surface area (Å²) in [7, 11) is -10.0. The van der Waals surface area contributed by atoms with Crippen LogP contribution in [0.25, 0.3) is 0 Å². The van der Waals surface area contributed by atoms with Crippen LogP contribution in [0.5, 0.6) is 0 Å². The minimum Gasteiger partial charge on any atom is -0.747 e. The molecule has 0 N–H and O–H groups in total. The van der Waals surface area contributed by atoms with E-state index >= 15 is 0 Å². The fourth-order valence-electron chi connectivity index (χ4n) is 1.45. The molecule has 0 bridgehead atoms. The molecule has 0 aromatic carbocycles. The quantitative estimate of drug-likeness (QED) is 0.426. The van der Waals surface area contributed by atoms with E-state index < -0.39 is 24.8 Å². The number of alkyl halides is 2. The molecule has 0 saturated carbocycles. The highest BCUT2D eigenvalue weighted by molar-refractivity contribution is 8.03. The molecule has 0 unspecified atom stereocenters. The molecule has 0 aliphatic rings. The smallest absolute Gasteiger partial charge is 0.136 e. The Kier molecular flexibility index (Phi) is 12.9. The van der Waals surface area contributed by atoms with E-state index in [1.807, 2.05) is 24.9 Å². The lowest BCUT2D eigenvalue weighted by Crippen LogP contribution is -2.26. The van der Waals surface area contributed by atoms with Crippen LogP contribution >= 0.6 is 45.9 Å². The van der Waals surface area contributed by atoms with Crippen molar-refractivity contribution in [1.82, 2.24) is 9.97 Å². The summed E-state index contributed by atoms with van der Waals surface area (Å²) in [6, 6.07) is 0. The Hall–Kier alpha value is -0.340. The largest absolute Gasteiger partial charge is 0.747 e. The van der Waals surface area contributed by atoms with E-state index in [-0.39, 0.29) is 0 Å². The maximum absolute atomic E-state index is 9.84. The molecule has 0 aliphatic heterocycles. The molecular weight excluding hydrogens is 491 g/mol. The number of thiazole rings is 2. The molecule has 0 saturated heterocycles. The second-order valence-corrected chi connectivity index (χ2v) is 11.5. The number of hydrogen-bond donors (Lipinski definition) is 0. The Morgan fingerprint density at radius 3 is 1.36 bits per heavy atom. The van der Waals surface area contributed by atoms with Crippen molar-refractivity contribution in [2.45, 2.75) is 38.2 Å². The first-order valence-corrected chi connectivity index (χ1v) is 13.4. The molecule has 0 spiro atoms. The zero-order valence-electron chi connectivity index (χ0n) is 15.3. The van der Waals surface area contributed by atoms with E-state index in [0.29, 0.717) is 18.7 Å². The van der Waals surface area contributed by atoms with Gasteiger partial charge in [0.05, 0.1) is 22.4 Å². The average Bonchev–Trinajstić information content (AvgIpc) is 3.16. The third-order valence-corrected chi connectivity index (χ3v) is 8.55. The van der Waals surface area contributed by atoms with Crippen LogP contribution in [0.1, 0.15) is 28.1 Å². The van der Waals surface area contributed by atoms with Gasteiger partial charge in [0.15, 0.2) is 0 Å². The monoisotopic (exact) mass is 510 g/mol. The minimum absolute atomic E-state index is 0.532. The van der Waals surface area contributed by atoms with Gasteiger partial charge in [-0.1, -0.05) is 0 Å². The first-order valence-electron chi connectivity index (χ1n) is 7.63. The van der Waals surface area contributed by atoms with Gasteiger partial charge < -0.3 is 9.11 Å². The minimum atomic E-state index is -5.01. The van der Waals surface area contributed by atoms with Crippen molar-refractivity contribution in [3.05, 3.63) is 32.2 Å². The van der Waals surface area contributed by atoms with Crippen molar-refractivity contribution >= 4 is 66.1 Å². The summed E-state index contributed by atoms with van der Waals surface area (Å²) >= 11 is 14.4. The molecule has 14 heteroatoms. The zero-order chi connectivity index (χ0) is 22.0. The molecule has 162 valence electrons. The van der Waals surface area contributed by atoms with Crippen molar-refractivity contribution in [2.75, 3.05) is 11.8 Å². The van der Waals surface area contributed by atoms with E-state index in [1.54, 1.807) is 22.7 Å². The molecule has 0 radical (unpaired) electrons. The van der Waals surface area contributed by atoms with Gasteiger partial charge in [-0.2, -0.15) is 0 Å². The van der Waals surface area contributed by atoms with Gasteiger partial charge in [-0.15, -0.1) is 45.9 Å². The lowest BCUT2D eigenvalue weighted by molar-refractivity contribution is 0.438. The summed E-state index contributed by atoms with van der Waals surface area (Å²) in [6.07, 6.45) is 1.91. The standard InChI is InChI=1S/2C6H8ClNS.C2H6O6S2/c2*1-5-6(2-3-7)9-4-8-5;1-2(9(3,4)5)10(6,7)8/h2*4H,2-3H2,1H3;2H,1H3,(H,3,4,5)(H,6,7,8)/p-2. The van der Waals surface area contributed by atoms with Crippen molar-refractivity contribution < 1.29 is 25.9 Å². The summed E-state index contributed by atoms with van der Waals surface area (Å²) in [5.74, 6) is 1.39. The maximum Gasteiger partial charge on any atom is 0.136 e. The Labute approximate surface area is 183 Å². The van der Waals surface area contributed by atoms with Gasteiger partial charge in [-0.3, -0.25) is 0 Å². The second kappa shape index (κ2) is 13.1. The highest BCUT2D eigenvalue weighted by atomic mass is 35.5. The maximum atomic E-state index is 9.84. The third-order valence-electron chi connectivity index (χ3n) is 3.15. The number of rotatable bonds is 6. The van der Waals surface area contributed by atoms with Gasteiger partial charge in [0.1, 0.15) is 24.8 Å². The number of nitrogens with zero attached hydrogens (tertiary/aromatic N) is 2. The van der Waals surface area contributed by atoms with Gasteiger partial charge in [0.2, 0.25) is 0 Å². The summed E-state index contributed by atoms with van der Waals surface area (Å²) < 4.78 is 56.7. The topological polar surface area (TPSA) is 140 Å². The number of hydrogen-bond acceptors (Lipinski definition) is 10. The van der Waals surface area contributed by atoms with Gasteiger partial charge in [-0.05, 0) is 33.6 Å². The Bertz CT molecular complexity index is 838. The van der Waals surface area contributed by atoms with E-state index in [0.717, 1.165) is 24.2 Å². The average molecular weight is 511 g/mol. The van der Waals surface area contributed by atoms with E-state index in [1.165, 1.54) is 9.75 Å². The van der Waals surface area contributed by atoms with Crippen LogP contribution in [0, 0.1) is 13.8 Å². The third kappa shape index (κ3) is 11.0. The van der Waals surface area contributed by atoms with Crippen LogP contribution < -0.4 is 0 Å². The van der Waals surface area contributed by atoms with Gasteiger partial charge in [0.25, 0.3) is 0 Å². The molecule has 8 nitrogen and oxygen atoms in total. The molecule has 0 atom stereocenters. The molecule has 2 heterocycles. The Morgan fingerprint density at radius 1 is 0.893 bits per heavy atom. The Morgan fingerprint density at radius 2 is 1.21 bits per heavy atom. The van der Waals surface area contributed by atoms with Crippen LogP contribution in [0.2, 0.25) is 0 Å². The lowest BCUT2D eigenvalue weighted by Gasteiger charge is -2.18. The van der Waals surface area contributed by atoms with E-state index in [2.05, 4.69) is 9.97 Å². The van der Waals surface area contributed by atoms with Crippen LogP contribution in [-0.2, 0) is 33.1 Å². The van der Waals surface area contributed by atoms with Gasteiger partial charge >= 0.3 is 0 Å². The molecule has 0 amide bonds. The van der Waals surface area contributed by atoms with Crippen LogP contribution in [0.3, 0.4) is 0 Å². The normalized spacial score (nSPS) is 11.4. The van der Waals surface area contributed by atoms with Crippen molar-refractivity contribution in [3.63, 3.8) is 0 Å². The molecule has 0 fully saturated rings. The van der Waals surface area contributed by atoms with E-state index in [4.69, 9.17) is 23.2 Å². The van der Waals surface area contributed by atoms with Crippen LogP contribution in [-0.4, -0.2) is 52.3 Å². The first kappa shape index (κ1) is 27.7. The number of aromatic nitrogens is 2. The summed E-state index contributed by atoms with van der Waals surface area (Å²) in [5.41, 5.74) is 5.97. The predicted molar refractivity (Wildman–Crippen MR) is 111 cm³/mol. The molecule has 2 aromatic rings. The fourth-order valence-corrected chi connectivity index (χ4v) is 4.77. The van der Waals surface area contributed by atoms with E-state index in [9.17, 15) is 25.9 Å². The molecule has 0 aliphatic carbocycles. The Balaban J connectivity index is 0.000000391. The molecule has 2 rings (SSSR count). The SMILES string of the molecule is CC(S(=O)(=O)[O-])S(=O)(=O)[O-].Cc1ncsc1CCCl.Cc1ncsc1CCCl. The lowest BCUT2D eigenvalue weighted by atomic mass is 10.3. The zero-order valence-corrected chi connectivity index (χ0v) is 20.1. The van der Waals surface area contributed by atoms with Crippen LogP contribution in [0.4, 0.5) is 0 Å². The second-order valence-electron chi connectivity index (χ2n) is 5.15. The predicted octanol–water partition coefficient (Wildman–Crippen LogP) is 2.89. The highest BCUT2D eigenvalue weighted by Crippen LogP contribution is 2.13. The summed E-state index contributed by atoms with van der Waals surface area (Å²) in [6.45, 7) is 4.56. The van der Waals surface area contributed by atoms with Gasteiger partial charge in [-0.25, -0.2) is 26.8 Å². The number of halogens is 2. The highest BCUT2D eigenvalue weighted by Gasteiger charge is 2.16. The van der Waals surface area contributed by atoms with Gasteiger partial charge in [0, 0.05) is 21.5 Å². The fraction of sp³-hybridized carbons (Fsp3) is 0.571. The van der Waals surface area contributed by atoms with Crippen LogP contribution in [0.15, 0.2) is 11.0 Å². The summed E-state index contributed by atoms with van der Waals surface area (Å²) in [5, 5.41) is 0. The van der Waals surface area contributed by atoms with Crippen molar-refractivity contribution in [1.29, 1.82) is 0 Å². The molecule has 2 aromatic heterocycles. The molecular formula is C14H20Cl2N2O6S4-2. The summed E-state index contributed by atoms with van der Waals surface area (Å²) in [4.78, 5) is 10.8. The molecule has 28 heavy (non-hydrogen) atoms. The van der Waals surface area contributed by atoms with Crippen molar-refractivity contribution in [3.8, 4) is 0 Å².